The number of sulfonamides is 1. The van der Waals surface area contributed by atoms with Gasteiger partial charge in [0.2, 0.25) is 0 Å². The number of nitrogens with one attached hydrogen (secondary N) is 1. The number of halogens is 2. The third kappa shape index (κ3) is 4.75. The number of aromatic nitrogens is 2. The largest absolute Gasteiger partial charge is 0.335 e. The van der Waals surface area contributed by atoms with Crippen LogP contribution in [-0.2, 0) is 10.0 Å². The van der Waals surface area contributed by atoms with E-state index in [1.165, 1.54) is 53.1 Å². The summed E-state index contributed by atoms with van der Waals surface area (Å²) in [5.74, 6) is -0.769. The maximum absolute atomic E-state index is 13.3. The van der Waals surface area contributed by atoms with Gasteiger partial charge in [-0.3, -0.25) is 9.52 Å². The zero-order chi connectivity index (χ0) is 23.8. The number of amides is 1. The fourth-order valence-electron chi connectivity index (χ4n) is 3.30. The molecule has 1 atom stereocenters. The first-order valence-electron chi connectivity index (χ1n) is 9.72. The van der Waals surface area contributed by atoms with Crippen molar-refractivity contribution >= 4 is 59.2 Å². The van der Waals surface area contributed by atoms with E-state index < -0.39 is 15.9 Å². The highest BCUT2D eigenvalue weighted by Crippen LogP contribution is 2.30. The molecule has 4 rings (SSSR count). The molecule has 0 radical (unpaired) electrons. The molecule has 170 valence electrons. The fourth-order valence-corrected chi connectivity index (χ4v) is 5.57. The molecule has 0 fully saturated rings. The van der Waals surface area contributed by atoms with Crippen LogP contribution in [0.2, 0.25) is 0 Å². The number of hydrogen-bond acceptors (Lipinski definition) is 6. The quantitative estimate of drug-likeness (QED) is 0.356. The number of carbonyl (C=O) groups excluding carboxylic acids is 1. The topological polar surface area (TPSA) is 92.3 Å². The van der Waals surface area contributed by atoms with E-state index in [4.69, 9.17) is 0 Å². The smallest absolute Gasteiger partial charge is 0.280 e. The molecule has 2 heterocycles. The summed E-state index contributed by atoms with van der Waals surface area (Å²) in [6, 6.07) is 11.9. The van der Waals surface area contributed by atoms with Gasteiger partial charge < -0.3 is 4.90 Å². The van der Waals surface area contributed by atoms with E-state index in [1.807, 2.05) is 6.92 Å². The Balaban J connectivity index is 1.68. The molecule has 0 aliphatic rings. The number of nitrogens with zero attached hydrogens (tertiary/aromatic N) is 3. The minimum atomic E-state index is -4.11. The number of anilines is 1. The van der Waals surface area contributed by atoms with Crippen LogP contribution in [0.4, 0.5) is 10.1 Å². The Bertz CT molecular complexity index is 1440. The highest BCUT2D eigenvalue weighted by Gasteiger charge is 2.26. The summed E-state index contributed by atoms with van der Waals surface area (Å²) in [5, 5.41) is 0.236. The maximum Gasteiger partial charge on any atom is 0.280 e. The van der Waals surface area contributed by atoms with Crippen molar-refractivity contribution in [1.82, 2.24) is 14.3 Å². The first kappa shape index (κ1) is 23.3. The minimum absolute atomic E-state index is 0.106. The molecule has 1 unspecified atom stereocenters. The lowest BCUT2D eigenvalue weighted by Gasteiger charge is -2.26. The van der Waals surface area contributed by atoms with Crippen LogP contribution >= 0.6 is 27.5 Å². The number of hydrogen-bond donors (Lipinski definition) is 1. The van der Waals surface area contributed by atoms with Crippen molar-refractivity contribution in [3.8, 4) is 0 Å². The van der Waals surface area contributed by atoms with Gasteiger partial charge in [-0.2, -0.15) is 12.8 Å². The highest BCUT2D eigenvalue weighted by molar-refractivity contribution is 9.10. The van der Waals surface area contributed by atoms with Crippen LogP contribution in [-0.4, -0.2) is 35.6 Å². The molecule has 0 bridgehead atoms. The van der Waals surface area contributed by atoms with Crippen LogP contribution in [0.25, 0.3) is 10.1 Å². The molecule has 2 aromatic carbocycles. The predicted octanol–water partition coefficient (Wildman–Crippen LogP) is 5.23. The van der Waals surface area contributed by atoms with Crippen LogP contribution in [0.15, 0.2) is 70.4 Å². The molecule has 0 spiro atoms. The van der Waals surface area contributed by atoms with Gasteiger partial charge in [-0.15, -0.1) is 0 Å². The molecule has 7 nitrogen and oxygen atoms in total. The molecule has 0 aliphatic heterocycles. The lowest BCUT2D eigenvalue weighted by atomic mass is 10.1. The standard InChI is InChI=1S/C22H18BrFN4O3S2/c1-13(14-3-6-16(24)7-4-14)28(2)22(29)17-8-5-15(23)11-19(17)27-33(30,31)21-18-12-26-32-20(18)9-10-25-21/h3-13,27H,1-2H3. The molecular formula is C22H18BrFN4O3S2. The summed E-state index contributed by atoms with van der Waals surface area (Å²) in [7, 11) is -2.51. The summed E-state index contributed by atoms with van der Waals surface area (Å²) < 4.78 is 47.5. The van der Waals surface area contributed by atoms with Crippen molar-refractivity contribution in [1.29, 1.82) is 0 Å². The maximum atomic E-state index is 13.3. The number of fused-ring (bicyclic) bond motifs is 1. The normalized spacial score (nSPS) is 12.5. The Kier molecular flexibility index (Phi) is 6.46. The van der Waals surface area contributed by atoms with E-state index >= 15 is 0 Å². The van der Waals surface area contributed by atoms with Gasteiger partial charge in [-0.1, -0.05) is 28.1 Å². The second-order valence-electron chi connectivity index (χ2n) is 7.29. The molecule has 1 N–H and O–H groups in total. The highest BCUT2D eigenvalue weighted by atomic mass is 79.9. The van der Waals surface area contributed by atoms with Crippen molar-refractivity contribution < 1.29 is 17.6 Å². The van der Waals surface area contributed by atoms with E-state index in [1.54, 1.807) is 31.3 Å². The molecule has 33 heavy (non-hydrogen) atoms. The van der Waals surface area contributed by atoms with Gasteiger partial charge in [0, 0.05) is 17.7 Å². The number of rotatable bonds is 6. The van der Waals surface area contributed by atoms with Gasteiger partial charge in [0.25, 0.3) is 15.9 Å². The molecule has 2 aromatic heterocycles. The van der Waals surface area contributed by atoms with Crippen molar-refractivity contribution in [3.63, 3.8) is 0 Å². The average Bonchev–Trinajstić information content (AvgIpc) is 3.27. The second-order valence-corrected chi connectivity index (χ2v) is 10.6. The average molecular weight is 549 g/mol. The van der Waals surface area contributed by atoms with E-state index in [0.717, 1.165) is 5.56 Å². The van der Waals surface area contributed by atoms with E-state index in [9.17, 15) is 17.6 Å². The minimum Gasteiger partial charge on any atom is -0.335 e. The van der Waals surface area contributed by atoms with Crippen molar-refractivity contribution in [3.05, 3.63) is 82.3 Å². The molecule has 0 aliphatic carbocycles. The fraction of sp³-hybridized carbons (Fsp3) is 0.136. The van der Waals surface area contributed by atoms with E-state index in [0.29, 0.717) is 14.6 Å². The first-order valence-corrected chi connectivity index (χ1v) is 12.8. The van der Waals surface area contributed by atoms with Gasteiger partial charge in [0.1, 0.15) is 5.82 Å². The lowest BCUT2D eigenvalue weighted by molar-refractivity contribution is 0.0743. The molecule has 4 aromatic rings. The Morgan fingerprint density at radius 1 is 1.18 bits per heavy atom. The number of pyridine rings is 1. The molecule has 0 saturated heterocycles. The van der Waals surface area contributed by atoms with Crippen molar-refractivity contribution in [2.24, 2.45) is 0 Å². The Morgan fingerprint density at radius 2 is 1.91 bits per heavy atom. The monoisotopic (exact) mass is 548 g/mol. The van der Waals surface area contributed by atoms with Crippen LogP contribution < -0.4 is 4.72 Å². The Hall–Kier alpha value is -2.89. The Morgan fingerprint density at radius 3 is 2.64 bits per heavy atom. The lowest BCUT2D eigenvalue weighted by Crippen LogP contribution is -2.30. The van der Waals surface area contributed by atoms with Crippen molar-refractivity contribution in [2.45, 2.75) is 18.0 Å². The van der Waals surface area contributed by atoms with Gasteiger partial charge >= 0.3 is 0 Å². The summed E-state index contributed by atoms with van der Waals surface area (Å²) in [6.45, 7) is 1.81. The predicted molar refractivity (Wildman–Crippen MR) is 129 cm³/mol. The van der Waals surface area contributed by atoms with E-state index in [-0.39, 0.29) is 28.1 Å². The summed E-state index contributed by atoms with van der Waals surface area (Å²) >= 11 is 4.50. The first-order chi connectivity index (χ1) is 15.7. The van der Waals surface area contributed by atoms with Crippen LogP contribution in [0.3, 0.4) is 0 Å². The third-order valence-electron chi connectivity index (χ3n) is 5.21. The van der Waals surface area contributed by atoms with Gasteiger partial charge in [-0.25, -0.2) is 9.37 Å². The van der Waals surface area contributed by atoms with Crippen LogP contribution in [0.5, 0.6) is 0 Å². The van der Waals surface area contributed by atoms with Gasteiger partial charge in [0.15, 0.2) is 5.03 Å². The number of benzene rings is 2. The van der Waals surface area contributed by atoms with E-state index in [2.05, 4.69) is 30.0 Å². The zero-order valence-electron chi connectivity index (χ0n) is 17.5. The molecule has 0 saturated carbocycles. The molecular weight excluding hydrogens is 531 g/mol. The summed E-state index contributed by atoms with van der Waals surface area (Å²) in [5.41, 5.74) is 1.01. The summed E-state index contributed by atoms with van der Waals surface area (Å²) in [6.07, 6.45) is 2.85. The van der Waals surface area contributed by atoms with Crippen molar-refractivity contribution in [2.75, 3.05) is 11.8 Å². The summed E-state index contributed by atoms with van der Waals surface area (Å²) in [4.78, 5) is 18.8. The second kappa shape index (κ2) is 9.16. The molecule has 11 heteroatoms. The third-order valence-corrected chi connectivity index (χ3v) is 7.79. The Labute approximate surface area is 202 Å². The van der Waals surface area contributed by atoms with Gasteiger partial charge in [0.05, 0.1) is 33.6 Å². The van der Waals surface area contributed by atoms with Crippen LogP contribution in [0, 0.1) is 5.82 Å². The number of carbonyl (C=O) groups is 1. The van der Waals surface area contributed by atoms with Gasteiger partial charge in [-0.05, 0) is 60.4 Å². The zero-order valence-corrected chi connectivity index (χ0v) is 20.7. The molecule has 1 amide bonds. The van der Waals surface area contributed by atoms with Crippen LogP contribution in [0.1, 0.15) is 28.9 Å². The SMILES string of the molecule is CC(c1ccc(F)cc1)N(C)C(=O)c1ccc(Br)cc1NS(=O)(=O)c1nccc2sncc12.